The maximum absolute atomic E-state index is 12.2. The van der Waals surface area contributed by atoms with Gasteiger partial charge in [-0.05, 0) is 50.2 Å². The molecular weight excluding hydrogens is 284 g/mol. The highest BCUT2D eigenvalue weighted by molar-refractivity contribution is 7.14. The minimum atomic E-state index is -0.181. The molecule has 2 aliphatic carbocycles. The normalized spacial score (nSPS) is 18.9. The first-order valence-corrected chi connectivity index (χ1v) is 8.77. The third-order valence-corrected chi connectivity index (χ3v) is 5.73. The maximum atomic E-state index is 12.2. The van der Waals surface area contributed by atoms with E-state index < -0.39 is 0 Å². The number of fused-ring (bicyclic) bond motifs is 1. The quantitative estimate of drug-likeness (QED) is 0.825. The molecule has 0 radical (unpaired) electrons. The molecule has 0 aromatic carbocycles. The second-order valence-corrected chi connectivity index (χ2v) is 7.18. The summed E-state index contributed by atoms with van der Waals surface area (Å²) in [6.45, 7) is 0. The van der Waals surface area contributed by atoms with Crippen LogP contribution in [0.2, 0.25) is 0 Å². The molecule has 2 N–H and O–H groups in total. The largest absolute Gasteiger partial charge is 0.279 e. The van der Waals surface area contributed by atoms with E-state index in [1.54, 1.807) is 11.3 Å². The van der Waals surface area contributed by atoms with Gasteiger partial charge >= 0.3 is 0 Å². The summed E-state index contributed by atoms with van der Waals surface area (Å²) in [6.07, 6.45) is 10.2. The predicted octanol–water partition coefficient (Wildman–Crippen LogP) is 2.97. The van der Waals surface area contributed by atoms with Gasteiger partial charge in [0, 0.05) is 10.8 Å². The van der Waals surface area contributed by atoms with Crippen molar-refractivity contribution in [3.05, 3.63) is 21.4 Å². The van der Waals surface area contributed by atoms with Crippen LogP contribution >= 0.6 is 11.3 Å². The molecule has 21 heavy (non-hydrogen) atoms. The SMILES string of the molecule is O=C(NNC(=O)C1CCC1)c1cc2c(s1)CCCCCC2. The fourth-order valence-corrected chi connectivity index (χ4v) is 4.06. The van der Waals surface area contributed by atoms with Gasteiger partial charge in [-0.1, -0.05) is 19.3 Å². The van der Waals surface area contributed by atoms with Gasteiger partial charge < -0.3 is 0 Å². The number of amides is 2. The number of carbonyl (C=O) groups is 2. The Morgan fingerprint density at radius 3 is 2.48 bits per heavy atom. The summed E-state index contributed by atoms with van der Waals surface area (Å²) in [5, 5.41) is 0. The van der Waals surface area contributed by atoms with Crippen molar-refractivity contribution in [1.29, 1.82) is 0 Å². The topological polar surface area (TPSA) is 58.2 Å². The van der Waals surface area contributed by atoms with E-state index in [0.717, 1.165) is 37.0 Å². The number of hydrazine groups is 1. The molecule has 1 aromatic rings. The Morgan fingerprint density at radius 1 is 1.00 bits per heavy atom. The molecule has 114 valence electrons. The van der Waals surface area contributed by atoms with Crippen LogP contribution in [0.3, 0.4) is 0 Å². The van der Waals surface area contributed by atoms with Crippen LogP contribution in [0.25, 0.3) is 0 Å². The predicted molar refractivity (Wildman–Crippen MR) is 83.1 cm³/mol. The van der Waals surface area contributed by atoms with E-state index in [2.05, 4.69) is 10.9 Å². The maximum Gasteiger partial charge on any atom is 0.279 e. The zero-order chi connectivity index (χ0) is 14.7. The second-order valence-electron chi connectivity index (χ2n) is 6.04. The van der Waals surface area contributed by atoms with Crippen molar-refractivity contribution < 1.29 is 9.59 Å². The van der Waals surface area contributed by atoms with E-state index in [1.165, 1.54) is 36.1 Å². The number of thiophene rings is 1. The number of hydrogen-bond acceptors (Lipinski definition) is 3. The van der Waals surface area contributed by atoms with Crippen molar-refractivity contribution in [2.45, 2.75) is 57.8 Å². The Hall–Kier alpha value is -1.36. The lowest BCUT2D eigenvalue weighted by atomic mass is 9.85. The van der Waals surface area contributed by atoms with Gasteiger partial charge in [-0.2, -0.15) is 0 Å². The molecule has 1 heterocycles. The van der Waals surface area contributed by atoms with Crippen molar-refractivity contribution in [1.82, 2.24) is 10.9 Å². The van der Waals surface area contributed by atoms with Gasteiger partial charge in [0.1, 0.15) is 0 Å². The monoisotopic (exact) mass is 306 g/mol. The fraction of sp³-hybridized carbons (Fsp3) is 0.625. The molecule has 0 atom stereocenters. The van der Waals surface area contributed by atoms with Gasteiger partial charge in [0.25, 0.3) is 5.91 Å². The summed E-state index contributed by atoms with van der Waals surface area (Å²) >= 11 is 1.58. The number of rotatable bonds is 2. The number of aryl methyl sites for hydroxylation is 2. The molecule has 0 aliphatic heterocycles. The highest BCUT2D eigenvalue weighted by Gasteiger charge is 2.25. The molecule has 0 bridgehead atoms. The van der Waals surface area contributed by atoms with Gasteiger partial charge in [-0.15, -0.1) is 11.3 Å². The first-order valence-electron chi connectivity index (χ1n) is 7.96. The molecular formula is C16H22N2O2S. The van der Waals surface area contributed by atoms with Gasteiger partial charge in [-0.25, -0.2) is 0 Å². The van der Waals surface area contributed by atoms with E-state index >= 15 is 0 Å². The van der Waals surface area contributed by atoms with Crippen molar-refractivity contribution in [3.8, 4) is 0 Å². The van der Waals surface area contributed by atoms with E-state index in [1.807, 2.05) is 6.07 Å². The molecule has 2 aliphatic rings. The van der Waals surface area contributed by atoms with Crippen molar-refractivity contribution in [2.24, 2.45) is 5.92 Å². The lowest BCUT2D eigenvalue weighted by Gasteiger charge is -2.23. The number of hydrogen-bond donors (Lipinski definition) is 2. The average molecular weight is 306 g/mol. The van der Waals surface area contributed by atoms with Crippen LogP contribution in [-0.2, 0) is 17.6 Å². The van der Waals surface area contributed by atoms with Crippen LogP contribution in [0, 0.1) is 5.92 Å². The van der Waals surface area contributed by atoms with E-state index in [9.17, 15) is 9.59 Å². The number of nitrogens with one attached hydrogen (secondary N) is 2. The Balaban J connectivity index is 1.59. The molecule has 0 saturated heterocycles. The van der Waals surface area contributed by atoms with E-state index in [4.69, 9.17) is 0 Å². The minimum Gasteiger partial charge on any atom is -0.273 e. The second kappa shape index (κ2) is 6.60. The van der Waals surface area contributed by atoms with Crippen LogP contribution in [-0.4, -0.2) is 11.8 Å². The number of carbonyl (C=O) groups excluding carboxylic acids is 2. The Bertz CT molecular complexity index is 509. The zero-order valence-electron chi connectivity index (χ0n) is 12.2. The Kier molecular flexibility index (Phi) is 4.58. The van der Waals surface area contributed by atoms with Crippen LogP contribution in [0.1, 0.15) is 65.1 Å². The van der Waals surface area contributed by atoms with Crippen LogP contribution < -0.4 is 10.9 Å². The van der Waals surface area contributed by atoms with Crippen molar-refractivity contribution in [2.75, 3.05) is 0 Å². The van der Waals surface area contributed by atoms with Crippen LogP contribution in [0.5, 0.6) is 0 Å². The summed E-state index contributed by atoms with van der Waals surface area (Å²) in [4.78, 5) is 25.9. The molecule has 1 saturated carbocycles. The van der Waals surface area contributed by atoms with Gasteiger partial charge in [0.2, 0.25) is 5.91 Å². The summed E-state index contributed by atoms with van der Waals surface area (Å²) in [6, 6.07) is 2.01. The average Bonchev–Trinajstić information content (AvgIpc) is 2.76. The van der Waals surface area contributed by atoms with Crippen LogP contribution in [0.15, 0.2) is 6.07 Å². The van der Waals surface area contributed by atoms with Crippen molar-refractivity contribution in [3.63, 3.8) is 0 Å². The van der Waals surface area contributed by atoms with E-state index in [-0.39, 0.29) is 17.7 Å². The Morgan fingerprint density at radius 2 is 1.76 bits per heavy atom. The summed E-state index contributed by atoms with van der Waals surface area (Å²) in [7, 11) is 0. The Labute approximate surface area is 129 Å². The fourth-order valence-electron chi connectivity index (χ4n) is 2.91. The van der Waals surface area contributed by atoms with Gasteiger partial charge in [0.15, 0.2) is 0 Å². The molecule has 5 heteroatoms. The smallest absolute Gasteiger partial charge is 0.273 e. The minimum absolute atomic E-state index is 0.0514. The zero-order valence-corrected chi connectivity index (χ0v) is 13.1. The molecule has 4 nitrogen and oxygen atoms in total. The molecule has 3 rings (SSSR count). The third kappa shape index (κ3) is 3.46. The van der Waals surface area contributed by atoms with Crippen LogP contribution in [0.4, 0.5) is 0 Å². The summed E-state index contributed by atoms with van der Waals surface area (Å²) in [5.41, 5.74) is 6.45. The van der Waals surface area contributed by atoms with E-state index in [0.29, 0.717) is 0 Å². The highest BCUT2D eigenvalue weighted by atomic mass is 32.1. The standard InChI is InChI=1S/C16H22N2O2S/c19-15(11-7-5-8-11)17-18-16(20)14-10-12-6-3-1-2-4-9-13(12)21-14/h10-11H,1-9H2,(H,17,19)(H,18,20). The lowest BCUT2D eigenvalue weighted by Crippen LogP contribution is -2.45. The van der Waals surface area contributed by atoms with Gasteiger partial charge in [0.05, 0.1) is 4.88 Å². The first kappa shape index (κ1) is 14.6. The van der Waals surface area contributed by atoms with Crippen molar-refractivity contribution >= 4 is 23.2 Å². The highest BCUT2D eigenvalue weighted by Crippen LogP contribution is 2.28. The summed E-state index contributed by atoms with van der Waals surface area (Å²) in [5.74, 6) is -0.141. The molecule has 1 fully saturated rings. The molecule has 0 spiro atoms. The first-order chi connectivity index (χ1) is 10.2. The third-order valence-electron chi connectivity index (χ3n) is 4.50. The lowest BCUT2D eigenvalue weighted by molar-refractivity contribution is -0.128. The summed E-state index contributed by atoms with van der Waals surface area (Å²) < 4.78 is 0. The molecule has 0 unspecified atom stereocenters. The molecule has 2 amide bonds. The van der Waals surface area contributed by atoms with Gasteiger partial charge in [-0.3, -0.25) is 20.4 Å². The molecule has 1 aromatic heterocycles.